The van der Waals surface area contributed by atoms with Gasteiger partial charge in [0.15, 0.2) is 0 Å². The van der Waals surface area contributed by atoms with Crippen molar-refractivity contribution < 1.29 is 4.39 Å². The van der Waals surface area contributed by atoms with Crippen LogP contribution in [0.15, 0.2) is 46.9 Å². The lowest BCUT2D eigenvalue weighted by Crippen LogP contribution is -2.10. The normalized spacial score (nSPS) is 13.3. The summed E-state index contributed by atoms with van der Waals surface area (Å²) in [6.45, 7) is 6.57. The predicted octanol–water partition coefficient (Wildman–Crippen LogP) is 6.37. The first-order valence-corrected chi connectivity index (χ1v) is 8.19. The minimum absolute atomic E-state index is 0.0263. The lowest BCUT2D eigenvalue weighted by atomic mass is 9.86. The molecule has 0 aliphatic rings. The second kappa shape index (κ2) is 5.98. The Kier molecular flexibility index (Phi) is 4.70. The molecular formula is C17H17Br2F. The van der Waals surface area contributed by atoms with Crippen molar-refractivity contribution in [2.45, 2.75) is 31.0 Å². The van der Waals surface area contributed by atoms with E-state index in [1.165, 1.54) is 11.6 Å². The summed E-state index contributed by atoms with van der Waals surface area (Å²) in [5.41, 5.74) is 3.44. The minimum atomic E-state index is -0.223. The second-order valence-corrected chi connectivity index (χ2v) is 7.67. The van der Waals surface area contributed by atoms with E-state index in [9.17, 15) is 4.39 Å². The Morgan fingerprint density at radius 1 is 1.00 bits per heavy atom. The zero-order valence-corrected chi connectivity index (χ0v) is 14.9. The Morgan fingerprint density at radius 3 is 2.15 bits per heavy atom. The molecule has 0 heterocycles. The molecule has 0 aromatic heterocycles. The Morgan fingerprint density at radius 2 is 1.60 bits per heavy atom. The zero-order valence-electron chi connectivity index (χ0n) is 11.8. The topological polar surface area (TPSA) is 0 Å². The summed E-state index contributed by atoms with van der Waals surface area (Å²) >= 11 is 7.14. The third-order valence-corrected chi connectivity index (χ3v) is 5.04. The molecule has 0 saturated carbocycles. The van der Waals surface area contributed by atoms with Crippen molar-refractivity contribution in [3.05, 3.63) is 69.4 Å². The van der Waals surface area contributed by atoms with E-state index in [1.54, 1.807) is 12.1 Å². The standard InChI is InChI=1S/C17H17Br2F/c1-17(2,3)12-6-4-11(5-7-12)16(19)14-10-13(20)8-9-15(14)18/h4-10,16H,1-3H3. The molecule has 0 spiro atoms. The molecule has 0 aliphatic heterocycles. The summed E-state index contributed by atoms with van der Waals surface area (Å²) in [6.07, 6.45) is 0. The molecule has 0 saturated heterocycles. The highest BCUT2D eigenvalue weighted by atomic mass is 79.9. The maximum Gasteiger partial charge on any atom is 0.123 e. The number of alkyl halides is 1. The van der Waals surface area contributed by atoms with Gasteiger partial charge >= 0.3 is 0 Å². The van der Waals surface area contributed by atoms with Gasteiger partial charge in [0, 0.05) is 4.47 Å². The summed E-state index contributed by atoms with van der Waals surface area (Å²) in [5.74, 6) is -0.223. The van der Waals surface area contributed by atoms with Crippen molar-refractivity contribution >= 4 is 31.9 Å². The summed E-state index contributed by atoms with van der Waals surface area (Å²) in [7, 11) is 0. The molecule has 2 aromatic carbocycles. The van der Waals surface area contributed by atoms with Gasteiger partial charge in [-0.3, -0.25) is 0 Å². The van der Waals surface area contributed by atoms with Gasteiger partial charge in [-0.2, -0.15) is 0 Å². The highest BCUT2D eigenvalue weighted by Gasteiger charge is 2.17. The van der Waals surface area contributed by atoms with Crippen LogP contribution in [0.4, 0.5) is 4.39 Å². The maximum atomic E-state index is 13.4. The fourth-order valence-electron chi connectivity index (χ4n) is 2.04. The van der Waals surface area contributed by atoms with Gasteiger partial charge in [0.05, 0.1) is 4.83 Å². The van der Waals surface area contributed by atoms with Crippen molar-refractivity contribution in [2.24, 2.45) is 0 Å². The van der Waals surface area contributed by atoms with Gasteiger partial charge in [-0.1, -0.05) is 76.9 Å². The number of benzene rings is 2. The fraction of sp³-hybridized carbons (Fsp3) is 0.294. The molecule has 106 valence electrons. The second-order valence-electron chi connectivity index (χ2n) is 5.90. The van der Waals surface area contributed by atoms with E-state index >= 15 is 0 Å². The zero-order chi connectivity index (χ0) is 14.9. The third-order valence-electron chi connectivity index (χ3n) is 3.30. The van der Waals surface area contributed by atoms with Gasteiger partial charge in [-0.15, -0.1) is 0 Å². The van der Waals surface area contributed by atoms with Crippen molar-refractivity contribution in [3.8, 4) is 0 Å². The number of halogens is 3. The van der Waals surface area contributed by atoms with Crippen LogP contribution < -0.4 is 0 Å². The molecule has 0 N–H and O–H groups in total. The van der Waals surface area contributed by atoms with Crippen LogP contribution >= 0.6 is 31.9 Å². The largest absolute Gasteiger partial charge is 0.207 e. The molecule has 1 atom stereocenters. The molecular weight excluding hydrogens is 383 g/mol. The van der Waals surface area contributed by atoms with Crippen LogP contribution in [-0.2, 0) is 5.41 Å². The van der Waals surface area contributed by atoms with Gasteiger partial charge in [-0.25, -0.2) is 4.39 Å². The number of hydrogen-bond donors (Lipinski definition) is 0. The van der Waals surface area contributed by atoms with Crippen molar-refractivity contribution in [1.29, 1.82) is 0 Å². The Labute approximate surface area is 136 Å². The van der Waals surface area contributed by atoms with E-state index in [0.29, 0.717) is 0 Å². The monoisotopic (exact) mass is 398 g/mol. The summed E-state index contributed by atoms with van der Waals surface area (Å²) < 4.78 is 14.3. The van der Waals surface area contributed by atoms with Crippen LogP contribution in [0, 0.1) is 5.82 Å². The minimum Gasteiger partial charge on any atom is -0.207 e. The molecule has 1 unspecified atom stereocenters. The first-order valence-electron chi connectivity index (χ1n) is 6.48. The maximum absolute atomic E-state index is 13.4. The van der Waals surface area contributed by atoms with Crippen LogP contribution in [0.25, 0.3) is 0 Å². The quantitative estimate of drug-likeness (QED) is 0.514. The van der Waals surface area contributed by atoms with Crippen molar-refractivity contribution in [2.75, 3.05) is 0 Å². The fourth-order valence-corrected chi connectivity index (χ4v) is 3.51. The van der Waals surface area contributed by atoms with Crippen molar-refractivity contribution in [3.63, 3.8) is 0 Å². The van der Waals surface area contributed by atoms with Gasteiger partial charge in [0.1, 0.15) is 5.82 Å². The van der Waals surface area contributed by atoms with E-state index in [1.807, 2.05) is 0 Å². The average molecular weight is 400 g/mol. The molecule has 0 fully saturated rings. The Bertz CT molecular complexity index is 597. The van der Waals surface area contributed by atoms with Crippen LogP contribution in [-0.4, -0.2) is 0 Å². The lowest BCUT2D eigenvalue weighted by molar-refractivity contribution is 0.590. The van der Waals surface area contributed by atoms with Gasteiger partial charge < -0.3 is 0 Å². The van der Waals surface area contributed by atoms with E-state index in [0.717, 1.165) is 15.6 Å². The van der Waals surface area contributed by atoms with Gasteiger partial charge in [0.2, 0.25) is 0 Å². The van der Waals surface area contributed by atoms with Crippen LogP contribution in [0.5, 0.6) is 0 Å². The van der Waals surface area contributed by atoms with E-state index in [2.05, 4.69) is 76.9 Å². The van der Waals surface area contributed by atoms with Crippen LogP contribution in [0.3, 0.4) is 0 Å². The molecule has 3 heteroatoms. The highest BCUT2D eigenvalue weighted by Crippen LogP contribution is 2.36. The van der Waals surface area contributed by atoms with Crippen LogP contribution in [0.1, 0.15) is 42.3 Å². The highest BCUT2D eigenvalue weighted by molar-refractivity contribution is 9.11. The Balaban J connectivity index is 2.34. The molecule has 0 bridgehead atoms. The summed E-state index contributed by atoms with van der Waals surface area (Å²) in [6, 6.07) is 13.2. The molecule has 0 amide bonds. The molecule has 2 aromatic rings. The first kappa shape index (κ1) is 15.7. The average Bonchev–Trinajstić information content (AvgIpc) is 2.40. The Hall–Kier alpha value is -0.670. The molecule has 0 nitrogen and oxygen atoms in total. The molecule has 0 aliphatic carbocycles. The van der Waals surface area contributed by atoms with E-state index < -0.39 is 0 Å². The lowest BCUT2D eigenvalue weighted by Gasteiger charge is -2.20. The van der Waals surface area contributed by atoms with Crippen LogP contribution in [0.2, 0.25) is 0 Å². The molecule has 0 radical (unpaired) electrons. The third kappa shape index (κ3) is 3.50. The van der Waals surface area contributed by atoms with E-state index in [4.69, 9.17) is 0 Å². The van der Waals surface area contributed by atoms with Gasteiger partial charge in [-0.05, 0) is 40.3 Å². The molecule has 20 heavy (non-hydrogen) atoms. The number of rotatable bonds is 2. The van der Waals surface area contributed by atoms with Crippen molar-refractivity contribution in [1.82, 2.24) is 0 Å². The smallest absolute Gasteiger partial charge is 0.123 e. The number of hydrogen-bond acceptors (Lipinski definition) is 0. The summed E-state index contributed by atoms with van der Waals surface area (Å²) in [5, 5.41) is 0. The summed E-state index contributed by atoms with van der Waals surface area (Å²) in [4.78, 5) is -0.0263. The van der Waals surface area contributed by atoms with E-state index in [-0.39, 0.29) is 16.1 Å². The first-order chi connectivity index (χ1) is 9.29. The molecule has 2 rings (SSSR count). The SMILES string of the molecule is CC(C)(C)c1ccc(C(Br)c2cc(F)ccc2Br)cc1. The predicted molar refractivity (Wildman–Crippen MR) is 90.0 cm³/mol. The van der Waals surface area contributed by atoms with Gasteiger partial charge in [0.25, 0.3) is 0 Å².